The number of rotatable bonds is 7. The Balaban J connectivity index is 1.51. The molecule has 0 aromatic rings. The molecule has 19 heavy (non-hydrogen) atoms. The Morgan fingerprint density at radius 3 is 2.84 bits per heavy atom. The highest BCUT2D eigenvalue weighted by Gasteiger charge is 2.29. The number of morpholine rings is 1. The molecular formula is C14H27N3O2. The SMILES string of the molecule is CC(C)N1CCOC(CNCCNC(=O)C2CC2)C1. The summed E-state index contributed by atoms with van der Waals surface area (Å²) < 4.78 is 5.74. The van der Waals surface area contributed by atoms with Crippen LogP contribution in [0.15, 0.2) is 0 Å². The second-order valence-corrected chi connectivity index (χ2v) is 5.85. The molecular weight excluding hydrogens is 242 g/mol. The molecule has 1 heterocycles. The first-order chi connectivity index (χ1) is 9.16. The van der Waals surface area contributed by atoms with E-state index in [4.69, 9.17) is 4.74 Å². The molecule has 5 heteroatoms. The summed E-state index contributed by atoms with van der Waals surface area (Å²) in [4.78, 5) is 13.9. The Hall–Kier alpha value is -0.650. The van der Waals surface area contributed by atoms with Crippen LogP contribution >= 0.6 is 0 Å². The van der Waals surface area contributed by atoms with Crippen LogP contribution in [0.1, 0.15) is 26.7 Å². The number of hydrogen-bond donors (Lipinski definition) is 2. The summed E-state index contributed by atoms with van der Waals surface area (Å²) in [6, 6.07) is 0.587. The fourth-order valence-electron chi connectivity index (χ4n) is 2.36. The number of hydrogen-bond acceptors (Lipinski definition) is 4. The van der Waals surface area contributed by atoms with Crippen molar-refractivity contribution in [3.63, 3.8) is 0 Å². The summed E-state index contributed by atoms with van der Waals surface area (Å²) in [5, 5.41) is 6.32. The Morgan fingerprint density at radius 2 is 2.16 bits per heavy atom. The molecule has 2 fully saturated rings. The van der Waals surface area contributed by atoms with E-state index in [0.717, 1.165) is 52.2 Å². The van der Waals surface area contributed by atoms with Crippen molar-refractivity contribution >= 4 is 5.91 Å². The molecule has 110 valence electrons. The molecule has 1 saturated carbocycles. The van der Waals surface area contributed by atoms with Gasteiger partial charge in [-0.05, 0) is 26.7 Å². The molecule has 5 nitrogen and oxygen atoms in total. The lowest BCUT2D eigenvalue weighted by atomic mass is 10.2. The Labute approximate surface area is 116 Å². The summed E-state index contributed by atoms with van der Waals surface area (Å²) >= 11 is 0. The van der Waals surface area contributed by atoms with E-state index >= 15 is 0 Å². The van der Waals surface area contributed by atoms with Gasteiger partial charge in [0, 0.05) is 44.7 Å². The van der Waals surface area contributed by atoms with Crippen LogP contribution in [-0.2, 0) is 9.53 Å². The molecule has 0 spiro atoms. The van der Waals surface area contributed by atoms with Crippen LogP contribution in [0.4, 0.5) is 0 Å². The summed E-state index contributed by atoms with van der Waals surface area (Å²) in [7, 11) is 0. The molecule has 0 aromatic heterocycles. The third-order valence-electron chi connectivity index (χ3n) is 3.82. The van der Waals surface area contributed by atoms with E-state index < -0.39 is 0 Å². The van der Waals surface area contributed by atoms with Crippen molar-refractivity contribution in [1.29, 1.82) is 0 Å². The minimum atomic E-state index is 0.224. The summed E-state index contributed by atoms with van der Waals surface area (Å²) in [6.45, 7) is 9.71. The normalized spacial score (nSPS) is 24.7. The number of carbonyl (C=O) groups excluding carboxylic acids is 1. The second-order valence-electron chi connectivity index (χ2n) is 5.85. The zero-order valence-corrected chi connectivity index (χ0v) is 12.2. The van der Waals surface area contributed by atoms with Crippen LogP contribution in [-0.4, -0.2) is 62.3 Å². The lowest BCUT2D eigenvalue weighted by Gasteiger charge is -2.35. The summed E-state index contributed by atoms with van der Waals surface area (Å²) in [6.07, 6.45) is 2.41. The highest BCUT2D eigenvalue weighted by Crippen LogP contribution is 2.28. The van der Waals surface area contributed by atoms with Gasteiger partial charge >= 0.3 is 0 Å². The number of amides is 1. The molecule has 0 bridgehead atoms. The summed E-state index contributed by atoms with van der Waals surface area (Å²) in [5.74, 6) is 0.531. The molecule has 2 rings (SSSR count). The van der Waals surface area contributed by atoms with Gasteiger partial charge in [-0.15, -0.1) is 0 Å². The molecule has 0 radical (unpaired) electrons. The van der Waals surface area contributed by atoms with Crippen LogP contribution < -0.4 is 10.6 Å². The van der Waals surface area contributed by atoms with E-state index in [1.807, 2.05) is 0 Å². The molecule has 1 aliphatic heterocycles. The Bertz CT molecular complexity index is 292. The maximum atomic E-state index is 11.4. The van der Waals surface area contributed by atoms with Crippen LogP contribution in [0, 0.1) is 5.92 Å². The van der Waals surface area contributed by atoms with Crippen LogP contribution in [0.3, 0.4) is 0 Å². The third kappa shape index (κ3) is 5.09. The number of nitrogens with one attached hydrogen (secondary N) is 2. The smallest absolute Gasteiger partial charge is 0.223 e. The fourth-order valence-corrected chi connectivity index (χ4v) is 2.36. The van der Waals surface area contributed by atoms with E-state index in [1.165, 1.54) is 0 Å². The van der Waals surface area contributed by atoms with E-state index in [-0.39, 0.29) is 12.0 Å². The highest BCUT2D eigenvalue weighted by atomic mass is 16.5. The van der Waals surface area contributed by atoms with E-state index in [1.54, 1.807) is 0 Å². The Kier molecular flexibility index (Phi) is 5.60. The van der Waals surface area contributed by atoms with Crippen LogP contribution in [0.25, 0.3) is 0 Å². The number of nitrogens with zero attached hydrogens (tertiary/aromatic N) is 1. The Morgan fingerprint density at radius 1 is 1.37 bits per heavy atom. The molecule has 2 N–H and O–H groups in total. The first-order valence-corrected chi connectivity index (χ1v) is 7.51. The lowest BCUT2D eigenvalue weighted by Crippen LogP contribution is -2.49. The van der Waals surface area contributed by atoms with E-state index in [9.17, 15) is 4.79 Å². The van der Waals surface area contributed by atoms with Crippen LogP contribution in [0.5, 0.6) is 0 Å². The zero-order chi connectivity index (χ0) is 13.7. The number of carbonyl (C=O) groups is 1. The standard InChI is InChI=1S/C14H27N3O2/c1-11(2)17-7-8-19-13(10-17)9-15-5-6-16-14(18)12-3-4-12/h11-13,15H,3-10H2,1-2H3,(H,16,18). The zero-order valence-electron chi connectivity index (χ0n) is 12.2. The average Bonchev–Trinajstić information content (AvgIpc) is 3.22. The van der Waals surface area contributed by atoms with Gasteiger partial charge in [0.2, 0.25) is 5.91 Å². The molecule has 1 amide bonds. The fraction of sp³-hybridized carbons (Fsp3) is 0.929. The van der Waals surface area contributed by atoms with Gasteiger partial charge in [-0.1, -0.05) is 0 Å². The van der Waals surface area contributed by atoms with Gasteiger partial charge in [0.25, 0.3) is 0 Å². The third-order valence-corrected chi connectivity index (χ3v) is 3.82. The molecule has 0 aromatic carbocycles. The maximum Gasteiger partial charge on any atom is 0.223 e. The van der Waals surface area contributed by atoms with Gasteiger partial charge in [0.1, 0.15) is 0 Å². The first-order valence-electron chi connectivity index (χ1n) is 7.51. The molecule has 1 aliphatic carbocycles. The highest BCUT2D eigenvalue weighted by molar-refractivity contribution is 5.80. The van der Waals surface area contributed by atoms with Crippen molar-refractivity contribution in [2.45, 2.75) is 38.8 Å². The van der Waals surface area contributed by atoms with Crippen molar-refractivity contribution < 1.29 is 9.53 Å². The topological polar surface area (TPSA) is 53.6 Å². The van der Waals surface area contributed by atoms with Crippen molar-refractivity contribution in [2.24, 2.45) is 5.92 Å². The first kappa shape index (κ1) is 14.8. The van der Waals surface area contributed by atoms with Crippen molar-refractivity contribution in [3.05, 3.63) is 0 Å². The largest absolute Gasteiger partial charge is 0.374 e. The monoisotopic (exact) mass is 269 g/mol. The van der Waals surface area contributed by atoms with Gasteiger partial charge in [-0.2, -0.15) is 0 Å². The lowest BCUT2D eigenvalue weighted by molar-refractivity contribution is -0.122. The van der Waals surface area contributed by atoms with Crippen molar-refractivity contribution in [3.8, 4) is 0 Å². The predicted octanol–water partition coefficient (Wildman–Crippen LogP) is 0.211. The maximum absolute atomic E-state index is 11.4. The summed E-state index contributed by atoms with van der Waals surface area (Å²) in [5.41, 5.74) is 0. The van der Waals surface area contributed by atoms with E-state index in [2.05, 4.69) is 29.4 Å². The minimum Gasteiger partial charge on any atom is -0.374 e. The van der Waals surface area contributed by atoms with Gasteiger partial charge in [0.05, 0.1) is 12.7 Å². The van der Waals surface area contributed by atoms with Gasteiger partial charge in [-0.25, -0.2) is 0 Å². The minimum absolute atomic E-state index is 0.224. The van der Waals surface area contributed by atoms with Gasteiger partial charge < -0.3 is 15.4 Å². The molecule has 2 aliphatic rings. The molecule has 1 saturated heterocycles. The van der Waals surface area contributed by atoms with E-state index in [0.29, 0.717) is 12.0 Å². The van der Waals surface area contributed by atoms with Crippen LogP contribution in [0.2, 0.25) is 0 Å². The van der Waals surface area contributed by atoms with Gasteiger partial charge in [0.15, 0.2) is 0 Å². The predicted molar refractivity (Wildman–Crippen MR) is 75.1 cm³/mol. The number of ether oxygens (including phenoxy) is 1. The van der Waals surface area contributed by atoms with Crippen molar-refractivity contribution in [2.75, 3.05) is 39.3 Å². The second kappa shape index (κ2) is 7.22. The molecule has 1 atom stereocenters. The average molecular weight is 269 g/mol. The van der Waals surface area contributed by atoms with Crippen molar-refractivity contribution in [1.82, 2.24) is 15.5 Å². The van der Waals surface area contributed by atoms with Gasteiger partial charge in [-0.3, -0.25) is 9.69 Å². The quantitative estimate of drug-likeness (QED) is 0.649. The molecule has 1 unspecified atom stereocenters.